The van der Waals surface area contributed by atoms with Gasteiger partial charge in [0, 0.05) is 5.56 Å². The Bertz CT molecular complexity index is 955. The standard InChI is InChI=1S/C22H21NO3S/c1-2-26-21-10-6-5-9-19(21)23-22(25)15-27-14-20(24)18-12-11-16-7-3-4-8-17(16)13-18/h3-13H,2,14-15H2,1H3,(H,23,25). The van der Waals surface area contributed by atoms with Crippen molar-refractivity contribution in [2.45, 2.75) is 6.92 Å². The molecular weight excluding hydrogens is 358 g/mol. The molecule has 0 aliphatic heterocycles. The average molecular weight is 379 g/mol. The maximum absolute atomic E-state index is 12.4. The van der Waals surface area contributed by atoms with Crippen LogP contribution in [0.2, 0.25) is 0 Å². The lowest BCUT2D eigenvalue weighted by Gasteiger charge is -2.11. The SMILES string of the molecule is CCOc1ccccc1NC(=O)CSCC(=O)c1ccc2ccccc2c1. The molecule has 0 saturated heterocycles. The quantitative estimate of drug-likeness (QED) is 0.572. The Morgan fingerprint density at radius 1 is 0.926 bits per heavy atom. The molecule has 0 saturated carbocycles. The van der Waals surface area contributed by atoms with Crippen molar-refractivity contribution in [1.29, 1.82) is 0 Å². The number of thioether (sulfide) groups is 1. The normalized spacial score (nSPS) is 10.6. The zero-order valence-electron chi connectivity index (χ0n) is 15.1. The van der Waals surface area contributed by atoms with E-state index < -0.39 is 0 Å². The van der Waals surface area contributed by atoms with E-state index in [9.17, 15) is 9.59 Å². The molecule has 0 radical (unpaired) electrons. The van der Waals surface area contributed by atoms with E-state index in [0.717, 1.165) is 10.8 Å². The second kappa shape index (κ2) is 9.24. The number of carbonyl (C=O) groups excluding carboxylic acids is 2. The maximum atomic E-state index is 12.4. The fourth-order valence-electron chi connectivity index (χ4n) is 2.72. The van der Waals surface area contributed by atoms with Crippen molar-refractivity contribution >= 4 is 39.9 Å². The predicted molar refractivity (Wildman–Crippen MR) is 112 cm³/mol. The monoisotopic (exact) mass is 379 g/mol. The molecule has 0 aliphatic rings. The number of ketones is 1. The third-order valence-corrected chi connectivity index (χ3v) is 4.93. The molecule has 0 spiro atoms. The fraction of sp³-hybridized carbons (Fsp3) is 0.182. The van der Waals surface area contributed by atoms with Gasteiger partial charge < -0.3 is 10.1 Å². The van der Waals surface area contributed by atoms with Crippen LogP contribution in [0.25, 0.3) is 10.8 Å². The zero-order valence-corrected chi connectivity index (χ0v) is 15.9. The minimum Gasteiger partial charge on any atom is -0.492 e. The van der Waals surface area contributed by atoms with Gasteiger partial charge in [-0.15, -0.1) is 11.8 Å². The number of amides is 1. The molecule has 0 fully saturated rings. The fourth-order valence-corrected chi connectivity index (χ4v) is 3.43. The molecule has 3 aromatic carbocycles. The number of anilines is 1. The van der Waals surface area contributed by atoms with Gasteiger partial charge >= 0.3 is 0 Å². The number of hydrogen-bond donors (Lipinski definition) is 1. The van der Waals surface area contributed by atoms with Crippen molar-refractivity contribution in [3.8, 4) is 5.75 Å². The first-order chi connectivity index (χ1) is 13.2. The summed E-state index contributed by atoms with van der Waals surface area (Å²) in [5.41, 5.74) is 1.31. The summed E-state index contributed by atoms with van der Waals surface area (Å²) in [4.78, 5) is 24.6. The van der Waals surface area contributed by atoms with Crippen molar-refractivity contribution in [3.05, 3.63) is 72.3 Å². The highest BCUT2D eigenvalue weighted by atomic mass is 32.2. The largest absolute Gasteiger partial charge is 0.492 e. The summed E-state index contributed by atoms with van der Waals surface area (Å²) in [6.45, 7) is 2.43. The van der Waals surface area contributed by atoms with Gasteiger partial charge in [0.1, 0.15) is 5.75 Å². The first-order valence-electron chi connectivity index (χ1n) is 8.79. The summed E-state index contributed by atoms with van der Waals surface area (Å²) in [6, 6.07) is 20.9. The number of benzene rings is 3. The van der Waals surface area contributed by atoms with Crippen LogP contribution in [-0.2, 0) is 4.79 Å². The minimum atomic E-state index is -0.154. The molecule has 0 atom stereocenters. The molecule has 1 N–H and O–H groups in total. The molecule has 0 aromatic heterocycles. The van der Waals surface area contributed by atoms with Gasteiger partial charge in [-0.25, -0.2) is 0 Å². The van der Waals surface area contributed by atoms with Crippen LogP contribution in [0.4, 0.5) is 5.69 Å². The van der Waals surface area contributed by atoms with Crippen LogP contribution in [0.3, 0.4) is 0 Å². The molecular formula is C22H21NO3S. The molecule has 1 amide bonds. The van der Waals surface area contributed by atoms with Gasteiger partial charge in [0.2, 0.25) is 5.91 Å². The summed E-state index contributed by atoms with van der Waals surface area (Å²) < 4.78 is 5.50. The second-order valence-corrected chi connectivity index (χ2v) is 6.94. The highest BCUT2D eigenvalue weighted by molar-refractivity contribution is 8.00. The van der Waals surface area contributed by atoms with Gasteiger partial charge in [-0.1, -0.05) is 48.5 Å². The number of ether oxygens (including phenoxy) is 1. The third-order valence-electron chi connectivity index (χ3n) is 4.00. The number of Topliss-reactive ketones (excluding diaryl/α,β-unsaturated/α-hetero) is 1. The Balaban J connectivity index is 1.52. The number of fused-ring (bicyclic) bond motifs is 1. The van der Waals surface area contributed by atoms with E-state index in [1.165, 1.54) is 11.8 Å². The molecule has 3 rings (SSSR count). The summed E-state index contributed by atoms with van der Waals surface area (Å²) in [7, 11) is 0. The van der Waals surface area contributed by atoms with Crippen LogP contribution in [0, 0.1) is 0 Å². The van der Waals surface area contributed by atoms with E-state index in [1.807, 2.05) is 67.6 Å². The summed E-state index contributed by atoms with van der Waals surface area (Å²) in [5, 5.41) is 4.98. The van der Waals surface area contributed by atoms with Crippen LogP contribution in [0.5, 0.6) is 5.75 Å². The number of para-hydroxylation sites is 2. The lowest BCUT2D eigenvalue weighted by molar-refractivity contribution is -0.113. The first-order valence-corrected chi connectivity index (χ1v) is 9.94. The Kier molecular flexibility index (Phi) is 6.49. The van der Waals surface area contributed by atoms with Crippen LogP contribution >= 0.6 is 11.8 Å². The van der Waals surface area contributed by atoms with Gasteiger partial charge in [-0.2, -0.15) is 0 Å². The smallest absolute Gasteiger partial charge is 0.234 e. The van der Waals surface area contributed by atoms with E-state index >= 15 is 0 Å². The average Bonchev–Trinajstić information content (AvgIpc) is 2.69. The van der Waals surface area contributed by atoms with E-state index in [4.69, 9.17) is 4.74 Å². The van der Waals surface area contributed by atoms with Gasteiger partial charge in [0.15, 0.2) is 5.78 Å². The lowest BCUT2D eigenvalue weighted by Crippen LogP contribution is -2.16. The van der Waals surface area contributed by atoms with Crippen molar-refractivity contribution in [2.75, 3.05) is 23.4 Å². The van der Waals surface area contributed by atoms with Gasteiger partial charge in [0.25, 0.3) is 0 Å². The van der Waals surface area contributed by atoms with E-state index in [2.05, 4.69) is 5.32 Å². The summed E-state index contributed by atoms with van der Waals surface area (Å²) in [6.07, 6.45) is 0. The highest BCUT2D eigenvalue weighted by Gasteiger charge is 2.11. The molecule has 0 aliphatic carbocycles. The number of carbonyl (C=O) groups is 2. The predicted octanol–water partition coefficient (Wildman–Crippen LogP) is 4.79. The van der Waals surface area contributed by atoms with Crippen molar-refractivity contribution in [1.82, 2.24) is 0 Å². The number of rotatable bonds is 8. The van der Waals surface area contributed by atoms with Crippen molar-refractivity contribution in [3.63, 3.8) is 0 Å². The molecule has 4 nitrogen and oxygen atoms in total. The number of hydrogen-bond acceptors (Lipinski definition) is 4. The van der Waals surface area contributed by atoms with Crippen LogP contribution in [-0.4, -0.2) is 29.8 Å². The minimum absolute atomic E-state index is 0.0215. The molecule has 5 heteroatoms. The van der Waals surface area contributed by atoms with E-state index in [0.29, 0.717) is 23.6 Å². The number of nitrogens with one attached hydrogen (secondary N) is 1. The summed E-state index contributed by atoms with van der Waals surface area (Å²) >= 11 is 1.31. The molecule has 0 bridgehead atoms. The zero-order chi connectivity index (χ0) is 19.1. The summed E-state index contributed by atoms with van der Waals surface area (Å²) in [5.74, 6) is 0.982. The Morgan fingerprint density at radius 2 is 1.67 bits per heavy atom. The molecule has 138 valence electrons. The van der Waals surface area contributed by atoms with Crippen molar-refractivity contribution < 1.29 is 14.3 Å². The Morgan fingerprint density at radius 3 is 2.48 bits per heavy atom. The molecule has 27 heavy (non-hydrogen) atoms. The van der Waals surface area contributed by atoms with Gasteiger partial charge in [-0.3, -0.25) is 9.59 Å². The first kappa shape index (κ1) is 19.0. The van der Waals surface area contributed by atoms with Gasteiger partial charge in [-0.05, 0) is 35.9 Å². The third kappa shape index (κ3) is 5.11. The molecule has 0 heterocycles. The van der Waals surface area contributed by atoms with E-state index in [-0.39, 0.29) is 23.2 Å². The second-order valence-electron chi connectivity index (χ2n) is 5.96. The van der Waals surface area contributed by atoms with E-state index in [1.54, 1.807) is 6.07 Å². The van der Waals surface area contributed by atoms with Crippen LogP contribution in [0.1, 0.15) is 17.3 Å². The van der Waals surface area contributed by atoms with Crippen molar-refractivity contribution in [2.24, 2.45) is 0 Å². The Labute approximate surface area is 162 Å². The van der Waals surface area contributed by atoms with Crippen LogP contribution in [0.15, 0.2) is 66.7 Å². The van der Waals surface area contributed by atoms with Crippen LogP contribution < -0.4 is 10.1 Å². The van der Waals surface area contributed by atoms with Gasteiger partial charge in [0.05, 0.1) is 23.8 Å². The lowest BCUT2D eigenvalue weighted by atomic mass is 10.1. The maximum Gasteiger partial charge on any atom is 0.234 e. The molecule has 3 aromatic rings. The topological polar surface area (TPSA) is 55.4 Å². The molecule has 0 unspecified atom stereocenters. The Hall–Kier alpha value is -2.79. The highest BCUT2D eigenvalue weighted by Crippen LogP contribution is 2.24.